The van der Waals surface area contributed by atoms with E-state index in [4.69, 9.17) is 20.9 Å². The molecule has 0 aliphatic carbocycles. The molecule has 6 aromatic rings. The number of imidazole rings is 1. The molecule has 3 aromatic carbocycles. The van der Waals surface area contributed by atoms with E-state index in [0.29, 0.717) is 48.5 Å². The van der Waals surface area contributed by atoms with Crippen molar-refractivity contribution in [1.29, 1.82) is 0 Å². The Morgan fingerprint density at radius 3 is 2.53 bits per heavy atom. The van der Waals surface area contributed by atoms with Crippen LogP contribution in [0, 0.1) is 0 Å². The molecule has 1 aliphatic rings. The molecule has 4 heterocycles. The van der Waals surface area contributed by atoms with Crippen LogP contribution in [0.15, 0.2) is 77.7 Å². The molecular formula is C39H42N10O6. The number of nitrogen functional groups attached to an aromatic ring is 1. The van der Waals surface area contributed by atoms with E-state index in [1.54, 1.807) is 23.9 Å². The van der Waals surface area contributed by atoms with Gasteiger partial charge in [-0.15, -0.1) is 0 Å². The van der Waals surface area contributed by atoms with Gasteiger partial charge in [0.2, 0.25) is 11.8 Å². The maximum absolute atomic E-state index is 13.2. The minimum absolute atomic E-state index is 0.0393. The van der Waals surface area contributed by atoms with Crippen LogP contribution in [0.5, 0.6) is 6.01 Å². The van der Waals surface area contributed by atoms with Crippen LogP contribution in [0.3, 0.4) is 0 Å². The van der Waals surface area contributed by atoms with E-state index in [2.05, 4.69) is 37.5 Å². The number of aromatic nitrogens is 6. The first-order valence-corrected chi connectivity index (χ1v) is 18.1. The number of benzene rings is 3. The van der Waals surface area contributed by atoms with Gasteiger partial charge in [0.1, 0.15) is 17.6 Å². The Balaban J connectivity index is 0.885. The largest absolute Gasteiger partial charge is 0.461 e. The minimum Gasteiger partial charge on any atom is -0.461 e. The molecule has 284 valence electrons. The van der Waals surface area contributed by atoms with Gasteiger partial charge in [-0.05, 0) is 47.7 Å². The Labute approximate surface area is 315 Å². The molecule has 1 saturated heterocycles. The van der Waals surface area contributed by atoms with Gasteiger partial charge in [-0.3, -0.25) is 19.0 Å². The Bertz CT molecular complexity index is 2400. The van der Waals surface area contributed by atoms with Crippen molar-refractivity contribution in [3.63, 3.8) is 0 Å². The number of ether oxygens (including phenoxy) is 2. The molecule has 0 bridgehead atoms. The molecule has 0 saturated carbocycles. The molecule has 6 N–H and O–H groups in total. The minimum atomic E-state index is -0.519. The number of rotatable bonds is 14. The number of fused-ring (bicyclic) bond motifs is 2. The van der Waals surface area contributed by atoms with Crippen LogP contribution in [-0.2, 0) is 27.4 Å². The van der Waals surface area contributed by atoms with E-state index >= 15 is 0 Å². The highest BCUT2D eigenvalue weighted by Gasteiger charge is 2.25. The number of aromatic amines is 1. The summed E-state index contributed by atoms with van der Waals surface area (Å²) in [5.41, 5.74) is 16.5. The smallest absolute Gasteiger partial charge is 0.328 e. The predicted octanol–water partition coefficient (Wildman–Crippen LogP) is 3.02. The number of carbonyl (C=O) groups is 3. The third-order valence-corrected chi connectivity index (χ3v) is 9.77. The average Bonchev–Trinajstić information content (AvgIpc) is 3.78. The normalized spacial score (nSPS) is 14.3. The Hall–Kier alpha value is -6.55. The molecule has 0 spiro atoms. The zero-order valence-corrected chi connectivity index (χ0v) is 30.4. The van der Waals surface area contributed by atoms with Gasteiger partial charge in [0.15, 0.2) is 11.5 Å². The molecular weight excluding hydrogens is 704 g/mol. The second kappa shape index (κ2) is 16.2. The monoisotopic (exact) mass is 746 g/mol. The number of hydrogen-bond donors (Lipinski definition) is 4. The van der Waals surface area contributed by atoms with Gasteiger partial charge in [0.25, 0.3) is 5.91 Å². The number of carbonyl (C=O) groups excluding carboxylic acids is 3. The van der Waals surface area contributed by atoms with Gasteiger partial charge < -0.3 is 36.1 Å². The molecule has 16 heteroatoms. The van der Waals surface area contributed by atoms with Crippen LogP contribution >= 0.6 is 0 Å². The van der Waals surface area contributed by atoms with Crippen molar-refractivity contribution < 1.29 is 23.9 Å². The predicted molar refractivity (Wildman–Crippen MR) is 205 cm³/mol. The fourth-order valence-electron chi connectivity index (χ4n) is 6.82. The number of nitrogens with zero attached hydrogens (tertiary/aromatic N) is 6. The van der Waals surface area contributed by atoms with E-state index in [-0.39, 0.29) is 61.2 Å². The van der Waals surface area contributed by atoms with E-state index in [1.807, 2.05) is 53.6 Å². The summed E-state index contributed by atoms with van der Waals surface area (Å²) in [6.45, 7) is 2.37. The van der Waals surface area contributed by atoms with Gasteiger partial charge in [-0.1, -0.05) is 48.5 Å². The van der Waals surface area contributed by atoms with Crippen LogP contribution in [0.2, 0.25) is 0 Å². The number of methoxy groups -OCH3 is 1. The fourth-order valence-corrected chi connectivity index (χ4v) is 6.82. The van der Waals surface area contributed by atoms with Crippen molar-refractivity contribution >= 4 is 45.6 Å². The lowest BCUT2D eigenvalue weighted by molar-refractivity contribution is -0.134. The number of hydrogen-bond acceptors (Lipinski definition) is 10. The van der Waals surface area contributed by atoms with Gasteiger partial charge in [-0.2, -0.15) is 15.1 Å². The number of nitrogens with two attached hydrogens (primary N) is 2. The molecule has 16 nitrogen and oxygen atoms in total. The standard InChI is InChI=1S/C39H42N10O6/c1-54-18-19-55-38-44-35(40)34-37(45-38)48(39(53)43-34)21-25-9-7-24(8-10-25)20-42-31(50)15-16-32(51)47-17-3-5-27(22-47)26-11-13-29(14-12-26)49-23-28-4-2-6-30(36(41)52)33(28)46-49/h2,4,6-14,23,27H,3,5,15-22H2,1H3,(H2,41,52)(H,42,50)(H,43,53)(H2,40,44,45)/t27-/m1/s1. The highest BCUT2D eigenvalue weighted by Crippen LogP contribution is 2.29. The molecule has 3 amide bonds. The quantitative estimate of drug-likeness (QED) is 0.119. The first-order chi connectivity index (χ1) is 26.7. The lowest BCUT2D eigenvalue weighted by Gasteiger charge is -2.33. The first-order valence-electron chi connectivity index (χ1n) is 18.1. The summed E-state index contributed by atoms with van der Waals surface area (Å²) in [6.07, 6.45) is 3.93. The third kappa shape index (κ3) is 8.33. The molecule has 7 rings (SSSR count). The zero-order valence-electron chi connectivity index (χ0n) is 30.4. The molecule has 55 heavy (non-hydrogen) atoms. The van der Waals surface area contributed by atoms with Crippen molar-refractivity contribution in [1.82, 2.24) is 39.5 Å². The summed E-state index contributed by atoms with van der Waals surface area (Å²) >= 11 is 0. The summed E-state index contributed by atoms with van der Waals surface area (Å²) in [6, 6.07) is 21.0. The number of amides is 3. The Kier molecular flexibility index (Phi) is 10.8. The van der Waals surface area contributed by atoms with E-state index in [1.165, 1.54) is 4.57 Å². The number of piperidine rings is 1. The second-order valence-electron chi connectivity index (χ2n) is 13.5. The number of anilines is 1. The highest BCUT2D eigenvalue weighted by molar-refractivity contribution is 6.04. The summed E-state index contributed by atoms with van der Waals surface area (Å²) in [4.78, 5) is 63.5. The average molecular weight is 747 g/mol. The third-order valence-electron chi connectivity index (χ3n) is 9.77. The van der Waals surface area contributed by atoms with Gasteiger partial charge in [0.05, 0.1) is 24.4 Å². The van der Waals surface area contributed by atoms with Crippen molar-refractivity contribution in [2.75, 3.05) is 39.1 Å². The Morgan fingerprint density at radius 2 is 1.76 bits per heavy atom. The van der Waals surface area contributed by atoms with Crippen molar-refractivity contribution in [2.45, 2.75) is 44.7 Å². The van der Waals surface area contributed by atoms with Crippen LogP contribution in [0.1, 0.15) is 58.6 Å². The fraction of sp³-hybridized carbons (Fsp3) is 0.308. The SMILES string of the molecule is COCCOc1nc(N)c2[nH]c(=O)n(Cc3ccc(CNC(=O)CCC(=O)N4CCC[C@@H](c5ccc(-n6cc7cccc(C(N)=O)c7n6)cc5)C4)cc3)c2n1. The van der Waals surface area contributed by atoms with Gasteiger partial charge in [-0.25, -0.2) is 9.48 Å². The van der Waals surface area contributed by atoms with E-state index < -0.39 is 5.91 Å². The maximum atomic E-state index is 13.2. The van der Waals surface area contributed by atoms with Crippen LogP contribution < -0.4 is 27.2 Å². The van der Waals surface area contributed by atoms with Crippen molar-refractivity contribution in [3.8, 4) is 11.7 Å². The molecule has 0 unspecified atom stereocenters. The molecule has 1 fully saturated rings. The van der Waals surface area contributed by atoms with Crippen LogP contribution in [0.25, 0.3) is 27.8 Å². The van der Waals surface area contributed by atoms with E-state index in [9.17, 15) is 19.2 Å². The number of likely N-dealkylation sites (tertiary alicyclic amines) is 1. The van der Waals surface area contributed by atoms with Crippen LogP contribution in [-0.4, -0.2) is 85.3 Å². The summed E-state index contributed by atoms with van der Waals surface area (Å²) in [7, 11) is 1.55. The topological polar surface area (TPSA) is 218 Å². The maximum Gasteiger partial charge on any atom is 0.328 e. The lowest BCUT2D eigenvalue weighted by Crippen LogP contribution is -2.39. The van der Waals surface area contributed by atoms with Crippen molar-refractivity contribution in [2.24, 2.45) is 5.73 Å². The highest BCUT2D eigenvalue weighted by atomic mass is 16.5. The Morgan fingerprint density at radius 1 is 0.982 bits per heavy atom. The van der Waals surface area contributed by atoms with E-state index in [0.717, 1.165) is 40.6 Å². The summed E-state index contributed by atoms with van der Waals surface area (Å²) < 4.78 is 13.7. The molecule has 1 aliphatic heterocycles. The van der Waals surface area contributed by atoms with Crippen LogP contribution in [0.4, 0.5) is 5.82 Å². The zero-order chi connectivity index (χ0) is 38.5. The number of nitrogens with one attached hydrogen (secondary N) is 2. The molecule has 3 aromatic heterocycles. The van der Waals surface area contributed by atoms with Gasteiger partial charge in [0, 0.05) is 57.1 Å². The number of primary amides is 1. The number of H-pyrrole nitrogens is 1. The summed E-state index contributed by atoms with van der Waals surface area (Å²) in [5, 5.41) is 8.32. The van der Waals surface area contributed by atoms with Crippen molar-refractivity contribution in [3.05, 3.63) is 106 Å². The summed E-state index contributed by atoms with van der Waals surface area (Å²) in [5.74, 6) is -0.479. The molecule has 1 atom stereocenters. The first kappa shape index (κ1) is 36.8. The van der Waals surface area contributed by atoms with Gasteiger partial charge >= 0.3 is 11.7 Å². The lowest BCUT2D eigenvalue weighted by atomic mass is 9.90. The second-order valence-corrected chi connectivity index (χ2v) is 13.5. The molecule has 0 radical (unpaired) electrons.